The van der Waals surface area contributed by atoms with Gasteiger partial charge in [0.05, 0.1) is 52.7 Å². The van der Waals surface area contributed by atoms with Crippen molar-refractivity contribution >= 4 is 70.0 Å². The van der Waals surface area contributed by atoms with Gasteiger partial charge in [-0.2, -0.15) is 0 Å². The van der Waals surface area contributed by atoms with E-state index >= 15 is 0 Å². The summed E-state index contributed by atoms with van der Waals surface area (Å²) >= 11 is 12.7. The zero-order valence-corrected chi connectivity index (χ0v) is 43.1. The van der Waals surface area contributed by atoms with Gasteiger partial charge < -0.3 is 45.4 Å². The van der Waals surface area contributed by atoms with E-state index in [4.69, 9.17) is 33.7 Å². The van der Waals surface area contributed by atoms with Gasteiger partial charge in [0.2, 0.25) is 11.8 Å². The highest BCUT2D eigenvalue weighted by Gasteiger charge is 2.52. The summed E-state index contributed by atoms with van der Waals surface area (Å²) in [5.41, 5.74) is 6.75. The number of H-pyrrole nitrogens is 2. The molecular weight excluding hydrogens is 986 g/mol. The molecule has 3 spiro atoms. The minimum Gasteiger partial charge on any atom is -0.380 e. The fourth-order valence-electron chi connectivity index (χ4n) is 12.1. The van der Waals surface area contributed by atoms with Gasteiger partial charge in [-0.05, 0) is 140 Å². The average molecular weight is 1050 g/mol. The van der Waals surface area contributed by atoms with Crippen molar-refractivity contribution < 1.29 is 42.3 Å². The number of carbonyl (C=O) groups excluding carboxylic acids is 6. The second kappa shape index (κ2) is 20.4. The lowest BCUT2D eigenvalue weighted by molar-refractivity contribution is -0.176. The predicted molar refractivity (Wildman–Crippen MR) is 268 cm³/mol. The Morgan fingerprint density at radius 3 is 1.74 bits per heavy atom. The molecule has 2 saturated carbocycles. The molecule has 390 valence electrons. The average Bonchev–Trinajstić information content (AvgIpc) is 4.04. The van der Waals surface area contributed by atoms with Crippen LogP contribution >= 0.6 is 23.2 Å². The van der Waals surface area contributed by atoms with Crippen LogP contribution in [0.4, 0.5) is 20.2 Å². The van der Waals surface area contributed by atoms with Crippen molar-refractivity contribution in [3.05, 3.63) is 92.5 Å². The number of ether oxygens (including phenoxy) is 1. The number of primary amides is 1. The Labute approximate surface area is 432 Å². The Morgan fingerprint density at radius 2 is 1.26 bits per heavy atom. The number of aromatic amines is 2. The molecule has 5 N–H and O–H groups in total. The van der Waals surface area contributed by atoms with Crippen molar-refractivity contribution in [1.82, 2.24) is 35.1 Å². The highest BCUT2D eigenvalue weighted by Crippen LogP contribution is 2.49. The van der Waals surface area contributed by atoms with Crippen LogP contribution < -0.4 is 20.9 Å². The summed E-state index contributed by atoms with van der Waals surface area (Å²) in [7, 11) is 0. The summed E-state index contributed by atoms with van der Waals surface area (Å²) in [6.07, 6.45) is 11.0. The van der Waals surface area contributed by atoms with Crippen LogP contribution in [0.5, 0.6) is 0 Å². The number of nitrogens with zero attached hydrogens (tertiary/aromatic N) is 6. The van der Waals surface area contributed by atoms with Crippen molar-refractivity contribution in [2.24, 2.45) is 22.0 Å². The lowest BCUT2D eigenvalue weighted by Gasteiger charge is -2.54. The molecule has 0 unspecified atom stereocenters. The van der Waals surface area contributed by atoms with Crippen molar-refractivity contribution in [3.63, 3.8) is 0 Å². The number of halogens is 4. The van der Waals surface area contributed by atoms with Gasteiger partial charge in [0, 0.05) is 55.1 Å². The molecule has 6 heterocycles. The zero-order chi connectivity index (χ0) is 52.1. The quantitative estimate of drug-likeness (QED) is 0.129. The number of carbonyl (C=O) groups is 6. The molecule has 10 rings (SSSR count). The number of amides is 6. The van der Waals surface area contributed by atoms with Crippen LogP contribution in [-0.2, 0) is 14.3 Å². The van der Waals surface area contributed by atoms with E-state index in [2.05, 4.69) is 25.3 Å². The van der Waals surface area contributed by atoms with E-state index in [0.717, 1.165) is 25.7 Å². The second-order valence-corrected chi connectivity index (χ2v) is 22.2. The van der Waals surface area contributed by atoms with Gasteiger partial charge in [-0.25, -0.2) is 18.7 Å². The van der Waals surface area contributed by atoms with Crippen molar-refractivity contribution in [2.45, 2.75) is 123 Å². The molecule has 0 bridgehead atoms. The predicted octanol–water partition coefficient (Wildman–Crippen LogP) is 7.68. The smallest absolute Gasteiger partial charge is 0.273 e. The number of imidazole rings is 2. The van der Waals surface area contributed by atoms with Gasteiger partial charge in [0.15, 0.2) is 11.4 Å². The number of aromatic nitrogens is 4. The summed E-state index contributed by atoms with van der Waals surface area (Å²) in [6.45, 7) is 10.9. The van der Waals surface area contributed by atoms with E-state index in [1.807, 2.05) is 13.8 Å². The molecule has 4 aromatic rings. The topological polar surface area (TPSA) is 220 Å². The number of likely N-dealkylation sites (tertiary alicyclic amines) is 1. The first-order valence-corrected chi connectivity index (χ1v) is 25.9. The Hall–Kier alpha value is -5.92. The number of anilines is 2. The third kappa shape index (κ3) is 9.84. The van der Waals surface area contributed by atoms with Crippen LogP contribution in [0.15, 0.2) is 36.9 Å². The SMILES string of the molecule is Cc1cc(N2CCCC3(CCC(N(C(=O)c4[nH]cnc4C(N)=O)C(C)C)CC3)C2=O)c(Cl)cc1F.Cc1cc(N2CCCC3(CCC(NC(=O)c4nc[nH]c4C(=O)N4CC5(COC5)C4)CC3)C2=O)c(Cl)cc1F. The Morgan fingerprint density at radius 1 is 0.767 bits per heavy atom. The van der Waals surface area contributed by atoms with Crippen LogP contribution in [0.2, 0.25) is 10.0 Å². The lowest BCUT2D eigenvalue weighted by atomic mass is 9.67. The summed E-state index contributed by atoms with van der Waals surface area (Å²) < 4.78 is 33.2. The van der Waals surface area contributed by atoms with E-state index in [0.29, 0.717) is 113 Å². The summed E-state index contributed by atoms with van der Waals surface area (Å²) in [6, 6.07) is 5.49. The number of rotatable bonds is 9. The molecule has 2 aromatic heterocycles. The molecule has 21 heteroatoms. The van der Waals surface area contributed by atoms with Crippen LogP contribution in [0.25, 0.3) is 0 Å². The fourth-order valence-corrected chi connectivity index (χ4v) is 12.6. The first-order valence-electron chi connectivity index (χ1n) is 25.2. The molecule has 6 fully saturated rings. The van der Waals surface area contributed by atoms with Crippen LogP contribution in [0, 0.1) is 41.7 Å². The highest BCUT2D eigenvalue weighted by atomic mass is 35.5. The minimum atomic E-state index is -0.761. The Kier molecular flexibility index (Phi) is 14.5. The molecule has 73 heavy (non-hydrogen) atoms. The minimum absolute atomic E-state index is 0.0158. The molecule has 17 nitrogen and oxygen atoms in total. The third-order valence-electron chi connectivity index (χ3n) is 16.2. The van der Waals surface area contributed by atoms with Gasteiger partial charge in [-0.1, -0.05) is 23.2 Å². The number of hydrogen-bond acceptors (Lipinski definition) is 9. The van der Waals surface area contributed by atoms with Crippen LogP contribution in [0.1, 0.15) is 144 Å². The third-order valence-corrected chi connectivity index (χ3v) is 16.8. The number of piperidine rings is 2. The van der Waals surface area contributed by atoms with Gasteiger partial charge >= 0.3 is 0 Å². The number of aryl methyl sites for hydroxylation is 2. The maximum Gasteiger partial charge on any atom is 0.273 e. The molecule has 4 aliphatic heterocycles. The zero-order valence-electron chi connectivity index (χ0n) is 41.6. The molecule has 2 aliphatic carbocycles. The van der Waals surface area contributed by atoms with E-state index in [9.17, 15) is 37.5 Å². The maximum atomic E-state index is 13.9. The number of nitrogens with one attached hydrogen (secondary N) is 3. The summed E-state index contributed by atoms with van der Waals surface area (Å²) in [5.74, 6) is -2.45. The number of hydrogen-bond donors (Lipinski definition) is 4. The molecular formula is C52H62Cl2F2N10O7. The summed E-state index contributed by atoms with van der Waals surface area (Å²) in [4.78, 5) is 99.0. The van der Waals surface area contributed by atoms with Gasteiger partial charge in [0.1, 0.15) is 23.0 Å². The Bertz CT molecular complexity index is 2830. The largest absolute Gasteiger partial charge is 0.380 e. The molecule has 2 aromatic carbocycles. The van der Waals surface area contributed by atoms with Crippen molar-refractivity contribution in [3.8, 4) is 0 Å². The van der Waals surface area contributed by atoms with E-state index < -0.39 is 28.4 Å². The number of nitrogens with two attached hydrogens (primary N) is 1. The Balaban J connectivity index is 0.000000181. The van der Waals surface area contributed by atoms with Crippen LogP contribution in [0.3, 0.4) is 0 Å². The summed E-state index contributed by atoms with van der Waals surface area (Å²) in [5, 5.41) is 3.50. The molecule has 0 atom stereocenters. The molecule has 0 radical (unpaired) electrons. The molecule has 6 aliphatic rings. The fraction of sp³-hybridized carbons (Fsp3) is 0.538. The van der Waals surface area contributed by atoms with Gasteiger partial charge in [0.25, 0.3) is 23.6 Å². The lowest BCUT2D eigenvalue weighted by Crippen LogP contribution is -2.67. The van der Waals surface area contributed by atoms with E-state index in [1.54, 1.807) is 45.6 Å². The van der Waals surface area contributed by atoms with E-state index in [1.165, 1.54) is 24.8 Å². The van der Waals surface area contributed by atoms with Gasteiger partial charge in [-0.15, -0.1) is 0 Å². The van der Waals surface area contributed by atoms with Crippen LogP contribution in [-0.4, -0.2) is 123 Å². The molecule has 6 amide bonds. The van der Waals surface area contributed by atoms with Crippen molar-refractivity contribution in [1.29, 1.82) is 0 Å². The van der Waals surface area contributed by atoms with E-state index in [-0.39, 0.29) is 85.9 Å². The van der Waals surface area contributed by atoms with Crippen molar-refractivity contribution in [2.75, 3.05) is 49.2 Å². The molecule has 4 saturated heterocycles. The highest BCUT2D eigenvalue weighted by molar-refractivity contribution is 6.34. The number of benzene rings is 2. The second-order valence-electron chi connectivity index (χ2n) is 21.3. The maximum absolute atomic E-state index is 13.9. The first-order chi connectivity index (χ1) is 34.8. The first kappa shape index (κ1) is 52.0. The standard InChI is InChI=1S/C27H31ClFN5O4.C25H31ClFN5O3/c1-16-9-20(18(28)10-19(16)29)34-8-2-5-27(25(34)37)6-3-17(4-7-27)32-23(35)21-22(31-15-30-21)24(36)33-11-26(12-33)13-38-14-26;1-14(2)32(23(34)21-20(22(28)33)29-13-30-21)16-5-8-25(9-6-16)7-4-10-31(24(25)35)19-11-15(3)18(27)12-17(19)26/h9-10,15,17H,2-8,11-14H2,1H3,(H,30,31)(H,32,35);11-14,16H,4-10H2,1-3H3,(H2,28,33)(H,29,30). The normalized spacial score (nSPS) is 24.5. The van der Waals surface area contributed by atoms with Gasteiger partial charge in [-0.3, -0.25) is 28.8 Å². The monoisotopic (exact) mass is 1050 g/mol.